The summed E-state index contributed by atoms with van der Waals surface area (Å²) in [6, 6.07) is 7.92. The predicted molar refractivity (Wildman–Crippen MR) is 125 cm³/mol. The van der Waals surface area contributed by atoms with Crippen molar-refractivity contribution in [3.8, 4) is 17.3 Å². The molecule has 0 bridgehead atoms. The van der Waals surface area contributed by atoms with E-state index in [1.165, 1.54) is 6.42 Å². The van der Waals surface area contributed by atoms with Crippen LogP contribution in [0.5, 0.6) is 0 Å². The fourth-order valence-electron chi connectivity index (χ4n) is 4.70. The van der Waals surface area contributed by atoms with E-state index in [1.807, 2.05) is 6.92 Å². The Hall–Kier alpha value is -2.36. The lowest BCUT2D eigenvalue weighted by Gasteiger charge is -2.46. The van der Waals surface area contributed by atoms with Crippen LogP contribution in [-0.2, 0) is 4.74 Å². The van der Waals surface area contributed by atoms with Crippen LogP contribution < -0.4 is 4.90 Å². The van der Waals surface area contributed by atoms with Gasteiger partial charge in [0.2, 0.25) is 0 Å². The van der Waals surface area contributed by atoms with E-state index in [0.29, 0.717) is 51.8 Å². The molecule has 2 fully saturated rings. The Morgan fingerprint density at radius 1 is 1.28 bits per heavy atom. The third-order valence-corrected chi connectivity index (χ3v) is 7.61. The Morgan fingerprint density at radius 2 is 2.00 bits per heavy atom. The van der Waals surface area contributed by atoms with E-state index in [4.69, 9.17) is 32.9 Å². The first-order valence-corrected chi connectivity index (χ1v) is 11.8. The van der Waals surface area contributed by atoms with Crippen LogP contribution in [0.15, 0.2) is 18.2 Å². The number of benzene rings is 1. The van der Waals surface area contributed by atoms with Crippen LogP contribution in [0.1, 0.15) is 55.2 Å². The van der Waals surface area contributed by atoms with Gasteiger partial charge in [-0.3, -0.25) is 0 Å². The summed E-state index contributed by atoms with van der Waals surface area (Å²) in [4.78, 5) is 24.3. The van der Waals surface area contributed by atoms with Gasteiger partial charge in [0, 0.05) is 18.7 Å². The van der Waals surface area contributed by atoms with Gasteiger partial charge in [-0.2, -0.15) is 5.26 Å². The number of ether oxygens (including phenoxy) is 1. The minimum Gasteiger partial charge on any atom is -0.461 e. The van der Waals surface area contributed by atoms with E-state index in [1.54, 1.807) is 25.1 Å². The number of esters is 1. The molecule has 8 heteroatoms. The highest BCUT2D eigenvalue weighted by Gasteiger charge is 2.45. The van der Waals surface area contributed by atoms with Crippen molar-refractivity contribution in [1.82, 2.24) is 9.97 Å². The van der Waals surface area contributed by atoms with Crippen LogP contribution in [0.4, 0.5) is 5.82 Å². The highest BCUT2D eigenvalue weighted by Crippen LogP contribution is 2.48. The molecule has 0 spiro atoms. The number of halogens is 2. The smallest absolute Gasteiger partial charge is 0.360 e. The summed E-state index contributed by atoms with van der Waals surface area (Å²) in [5, 5.41) is 10.7. The number of nitriles is 1. The minimum atomic E-state index is -0.523. The standard InChI is InChI=1S/C24H26Cl2N4O2/c1-3-32-23(31)21-22(30-12-10-24(14-27,11-13-30)16-6-4-7-16)28-15(2)20(29-21)17-8-5-9-18(25)19(17)26/h5,8-9,16H,3-4,6-7,10-13H2,1-2H3. The summed E-state index contributed by atoms with van der Waals surface area (Å²) < 4.78 is 5.29. The lowest BCUT2D eigenvalue weighted by atomic mass is 9.61. The molecule has 1 saturated heterocycles. The highest BCUT2D eigenvalue weighted by molar-refractivity contribution is 6.43. The third-order valence-electron chi connectivity index (χ3n) is 6.79. The zero-order valence-corrected chi connectivity index (χ0v) is 19.8. The van der Waals surface area contributed by atoms with Crippen LogP contribution in [0, 0.1) is 29.6 Å². The molecule has 2 aliphatic rings. The van der Waals surface area contributed by atoms with Crippen molar-refractivity contribution in [2.24, 2.45) is 11.3 Å². The molecular weight excluding hydrogens is 447 g/mol. The molecule has 2 heterocycles. The second-order valence-corrected chi connectivity index (χ2v) is 9.32. The number of hydrogen-bond donors (Lipinski definition) is 0. The second kappa shape index (κ2) is 9.25. The monoisotopic (exact) mass is 472 g/mol. The van der Waals surface area contributed by atoms with Gasteiger partial charge in [0.05, 0.1) is 39.5 Å². The van der Waals surface area contributed by atoms with Crippen LogP contribution in [0.3, 0.4) is 0 Å². The SMILES string of the molecule is CCOC(=O)c1nc(-c2cccc(Cl)c2Cl)c(C)nc1N1CCC(C#N)(C2CCC2)CC1. The molecule has 0 unspecified atom stereocenters. The first kappa shape index (κ1) is 22.8. The van der Waals surface area contributed by atoms with Crippen LogP contribution in [0.2, 0.25) is 10.0 Å². The van der Waals surface area contributed by atoms with Crippen molar-refractivity contribution in [3.63, 3.8) is 0 Å². The molecule has 1 aliphatic carbocycles. The van der Waals surface area contributed by atoms with Crippen LogP contribution in [0.25, 0.3) is 11.3 Å². The Bertz CT molecular complexity index is 1070. The van der Waals surface area contributed by atoms with E-state index < -0.39 is 5.97 Å². The maximum atomic E-state index is 12.8. The number of aromatic nitrogens is 2. The highest BCUT2D eigenvalue weighted by atomic mass is 35.5. The molecule has 1 saturated carbocycles. The summed E-state index contributed by atoms with van der Waals surface area (Å²) in [5.74, 6) is 0.466. The largest absolute Gasteiger partial charge is 0.461 e. The van der Waals surface area contributed by atoms with Gasteiger partial charge in [0.15, 0.2) is 11.5 Å². The third kappa shape index (κ3) is 4.04. The van der Waals surface area contributed by atoms with Gasteiger partial charge in [0.1, 0.15) is 0 Å². The molecular formula is C24H26Cl2N4O2. The Morgan fingerprint density at radius 3 is 2.59 bits per heavy atom. The number of aryl methyl sites for hydroxylation is 1. The minimum absolute atomic E-state index is 0.164. The average Bonchev–Trinajstić information content (AvgIpc) is 2.75. The maximum absolute atomic E-state index is 12.8. The zero-order chi connectivity index (χ0) is 22.9. The van der Waals surface area contributed by atoms with E-state index >= 15 is 0 Å². The first-order valence-electron chi connectivity index (χ1n) is 11.1. The Kier molecular flexibility index (Phi) is 6.60. The van der Waals surface area contributed by atoms with E-state index in [-0.39, 0.29) is 17.7 Å². The molecule has 1 aliphatic heterocycles. The van der Waals surface area contributed by atoms with Crippen molar-refractivity contribution in [2.75, 3.05) is 24.6 Å². The average molecular weight is 473 g/mol. The van der Waals surface area contributed by atoms with Crippen molar-refractivity contribution in [2.45, 2.75) is 46.0 Å². The van der Waals surface area contributed by atoms with Crippen molar-refractivity contribution in [1.29, 1.82) is 5.26 Å². The first-order chi connectivity index (χ1) is 15.4. The fraction of sp³-hybridized carbons (Fsp3) is 0.500. The molecule has 1 aromatic carbocycles. The van der Waals surface area contributed by atoms with Crippen molar-refractivity contribution in [3.05, 3.63) is 39.6 Å². The van der Waals surface area contributed by atoms with Crippen LogP contribution in [-0.4, -0.2) is 35.6 Å². The molecule has 0 atom stereocenters. The molecule has 0 amide bonds. The molecule has 0 radical (unpaired) electrons. The lowest BCUT2D eigenvalue weighted by molar-refractivity contribution is 0.0519. The number of nitrogens with zero attached hydrogens (tertiary/aromatic N) is 4. The maximum Gasteiger partial charge on any atom is 0.360 e. The van der Waals surface area contributed by atoms with Crippen LogP contribution >= 0.6 is 23.2 Å². The van der Waals surface area contributed by atoms with Crippen molar-refractivity contribution < 1.29 is 9.53 Å². The number of rotatable bonds is 5. The van der Waals surface area contributed by atoms with Gasteiger partial charge >= 0.3 is 5.97 Å². The quantitative estimate of drug-likeness (QED) is 0.508. The summed E-state index contributed by atoms with van der Waals surface area (Å²) in [5.41, 5.74) is 1.66. The van der Waals surface area contributed by atoms with Crippen molar-refractivity contribution >= 4 is 35.0 Å². The molecule has 32 heavy (non-hydrogen) atoms. The molecule has 1 aromatic heterocycles. The summed E-state index contributed by atoms with van der Waals surface area (Å²) >= 11 is 12.6. The van der Waals surface area contributed by atoms with E-state index in [9.17, 15) is 10.1 Å². The predicted octanol–water partition coefficient (Wildman–Crippen LogP) is 5.85. The van der Waals surface area contributed by atoms with Gasteiger partial charge in [0.25, 0.3) is 0 Å². The Labute approximate surface area is 198 Å². The van der Waals surface area contributed by atoms with E-state index in [0.717, 1.165) is 25.7 Å². The molecule has 2 aromatic rings. The Balaban J connectivity index is 1.71. The topological polar surface area (TPSA) is 79.1 Å². The molecule has 168 valence electrons. The molecule has 0 N–H and O–H groups in total. The summed E-state index contributed by atoms with van der Waals surface area (Å²) in [6.07, 6.45) is 5.01. The van der Waals surface area contributed by atoms with E-state index in [2.05, 4.69) is 16.0 Å². The number of carbonyl (C=O) groups excluding carboxylic acids is 1. The zero-order valence-electron chi connectivity index (χ0n) is 18.3. The van der Waals surface area contributed by atoms with Gasteiger partial charge in [-0.05, 0) is 51.5 Å². The number of anilines is 1. The van der Waals surface area contributed by atoms with Gasteiger partial charge in [-0.25, -0.2) is 14.8 Å². The lowest BCUT2D eigenvalue weighted by Crippen LogP contribution is -2.46. The number of piperidine rings is 1. The molecule has 4 rings (SSSR count). The normalized spacial score (nSPS) is 18.0. The van der Waals surface area contributed by atoms with Gasteiger partial charge in [-0.1, -0.05) is 41.8 Å². The fourth-order valence-corrected chi connectivity index (χ4v) is 5.09. The molecule has 6 nitrogen and oxygen atoms in total. The number of hydrogen-bond acceptors (Lipinski definition) is 6. The number of carbonyl (C=O) groups is 1. The summed E-state index contributed by atoms with van der Waals surface area (Å²) in [6.45, 7) is 5.15. The van der Waals surface area contributed by atoms with Gasteiger partial charge < -0.3 is 9.64 Å². The van der Waals surface area contributed by atoms with Gasteiger partial charge in [-0.15, -0.1) is 0 Å². The second-order valence-electron chi connectivity index (χ2n) is 8.53. The summed E-state index contributed by atoms with van der Waals surface area (Å²) in [7, 11) is 0.